The highest BCUT2D eigenvalue weighted by atomic mass is 79.9. The summed E-state index contributed by atoms with van der Waals surface area (Å²) in [5.41, 5.74) is 1.22. The lowest BCUT2D eigenvalue weighted by atomic mass is 10.1. The molecule has 1 N–H and O–H groups in total. The van der Waals surface area contributed by atoms with Crippen LogP contribution in [0.25, 0.3) is 0 Å². The second-order valence-corrected chi connectivity index (χ2v) is 5.93. The summed E-state index contributed by atoms with van der Waals surface area (Å²) in [6.45, 7) is 4.59. The summed E-state index contributed by atoms with van der Waals surface area (Å²) in [7, 11) is 0. The van der Waals surface area contributed by atoms with Crippen LogP contribution in [0.5, 0.6) is 5.75 Å². The molecule has 1 amide bonds. The Hall–Kier alpha value is -1.03. The van der Waals surface area contributed by atoms with Gasteiger partial charge in [-0.05, 0) is 17.5 Å². The van der Waals surface area contributed by atoms with Crippen LogP contribution in [-0.2, 0) is 11.2 Å². The molecule has 2 atom stereocenters. The summed E-state index contributed by atoms with van der Waals surface area (Å²) in [6, 6.07) is 8.01. The number of rotatable bonds is 4. The molecule has 1 aliphatic rings. The fourth-order valence-electron chi connectivity index (χ4n) is 1.98. The third kappa shape index (κ3) is 3.05. The van der Waals surface area contributed by atoms with Crippen LogP contribution in [0, 0.1) is 5.92 Å². The first-order valence-electron chi connectivity index (χ1n) is 6.24. The van der Waals surface area contributed by atoms with Gasteiger partial charge in [0.05, 0.1) is 11.4 Å². The van der Waals surface area contributed by atoms with Gasteiger partial charge in [0, 0.05) is 6.42 Å². The molecule has 1 aliphatic heterocycles. The van der Waals surface area contributed by atoms with E-state index in [2.05, 4.69) is 27.3 Å². The number of alkyl halides is 1. The molecule has 1 aromatic rings. The molecule has 0 spiro atoms. The standard InChI is InChI=1S/C14H18BrNO2/c1-9(2)13(15)14(17)16-8-11-7-10-5-3-4-6-12(10)18-11/h3-6,9,11,13H,7-8H2,1-2H3,(H,16,17). The summed E-state index contributed by atoms with van der Waals surface area (Å²) >= 11 is 3.39. The van der Waals surface area contributed by atoms with E-state index in [4.69, 9.17) is 4.74 Å². The SMILES string of the molecule is CC(C)C(Br)C(=O)NCC1Cc2ccccc2O1. The van der Waals surface area contributed by atoms with Crippen LogP contribution in [0.3, 0.4) is 0 Å². The van der Waals surface area contributed by atoms with Crippen molar-refractivity contribution in [1.29, 1.82) is 0 Å². The molecule has 0 aliphatic carbocycles. The molecule has 0 radical (unpaired) electrons. The normalized spacial score (nSPS) is 19.2. The van der Waals surface area contributed by atoms with E-state index >= 15 is 0 Å². The van der Waals surface area contributed by atoms with E-state index in [-0.39, 0.29) is 22.8 Å². The van der Waals surface area contributed by atoms with Gasteiger partial charge in [0.2, 0.25) is 5.91 Å². The molecule has 0 saturated heterocycles. The van der Waals surface area contributed by atoms with Crippen molar-refractivity contribution in [2.24, 2.45) is 5.92 Å². The number of para-hydroxylation sites is 1. The predicted octanol–water partition coefficient (Wildman–Crippen LogP) is 2.53. The van der Waals surface area contributed by atoms with Crippen molar-refractivity contribution >= 4 is 21.8 Å². The minimum absolute atomic E-state index is 0.0320. The second kappa shape index (κ2) is 5.74. The van der Waals surface area contributed by atoms with Gasteiger partial charge in [0.15, 0.2) is 0 Å². The molecule has 4 heteroatoms. The molecule has 1 heterocycles. The van der Waals surface area contributed by atoms with Gasteiger partial charge in [-0.1, -0.05) is 48.0 Å². The van der Waals surface area contributed by atoms with Crippen LogP contribution in [0.1, 0.15) is 19.4 Å². The molecule has 0 bridgehead atoms. The summed E-state index contributed by atoms with van der Waals surface area (Å²) in [6.07, 6.45) is 0.920. The van der Waals surface area contributed by atoms with E-state index in [0.717, 1.165) is 12.2 Å². The van der Waals surface area contributed by atoms with Gasteiger partial charge in [0.25, 0.3) is 0 Å². The quantitative estimate of drug-likeness (QED) is 0.868. The topological polar surface area (TPSA) is 38.3 Å². The number of hydrogen-bond acceptors (Lipinski definition) is 2. The summed E-state index contributed by atoms with van der Waals surface area (Å²) in [5.74, 6) is 1.26. The molecule has 0 saturated carbocycles. The number of halogens is 1. The van der Waals surface area contributed by atoms with Crippen LogP contribution < -0.4 is 10.1 Å². The third-order valence-electron chi connectivity index (χ3n) is 3.05. The maximum atomic E-state index is 11.8. The fraction of sp³-hybridized carbons (Fsp3) is 0.500. The van der Waals surface area contributed by atoms with Gasteiger partial charge in [0.1, 0.15) is 11.9 Å². The van der Waals surface area contributed by atoms with Crippen molar-refractivity contribution in [3.63, 3.8) is 0 Å². The third-order valence-corrected chi connectivity index (χ3v) is 4.53. The molecule has 1 aromatic carbocycles. The first-order valence-corrected chi connectivity index (χ1v) is 7.16. The number of fused-ring (bicyclic) bond motifs is 1. The highest BCUT2D eigenvalue weighted by Gasteiger charge is 2.24. The van der Waals surface area contributed by atoms with E-state index in [1.165, 1.54) is 5.56 Å². The summed E-state index contributed by atoms with van der Waals surface area (Å²) in [5, 5.41) is 2.93. The van der Waals surface area contributed by atoms with Gasteiger partial charge in [-0.2, -0.15) is 0 Å². The Morgan fingerprint density at radius 3 is 2.89 bits per heavy atom. The average Bonchev–Trinajstić information content (AvgIpc) is 2.77. The number of ether oxygens (including phenoxy) is 1. The molecule has 0 fully saturated rings. The number of amides is 1. The molecule has 18 heavy (non-hydrogen) atoms. The van der Waals surface area contributed by atoms with Crippen molar-refractivity contribution in [2.45, 2.75) is 31.2 Å². The van der Waals surface area contributed by atoms with Crippen molar-refractivity contribution in [3.05, 3.63) is 29.8 Å². The highest BCUT2D eigenvalue weighted by molar-refractivity contribution is 9.10. The van der Waals surface area contributed by atoms with Gasteiger partial charge in [-0.3, -0.25) is 4.79 Å². The first kappa shape index (κ1) is 13.4. The highest BCUT2D eigenvalue weighted by Crippen LogP contribution is 2.27. The van der Waals surface area contributed by atoms with Crippen molar-refractivity contribution in [2.75, 3.05) is 6.54 Å². The van der Waals surface area contributed by atoms with Crippen LogP contribution in [0.4, 0.5) is 0 Å². The zero-order valence-electron chi connectivity index (χ0n) is 10.7. The Morgan fingerprint density at radius 2 is 2.22 bits per heavy atom. The Morgan fingerprint density at radius 1 is 1.50 bits per heavy atom. The van der Waals surface area contributed by atoms with E-state index in [0.29, 0.717) is 6.54 Å². The molecular formula is C14H18BrNO2. The second-order valence-electron chi connectivity index (χ2n) is 4.94. The summed E-state index contributed by atoms with van der Waals surface area (Å²) < 4.78 is 5.77. The van der Waals surface area contributed by atoms with Crippen LogP contribution in [-0.4, -0.2) is 23.4 Å². The number of hydrogen-bond donors (Lipinski definition) is 1. The maximum absolute atomic E-state index is 11.8. The molecule has 2 unspecified atom stereocenters. The van der Waals surface area contributed by atoms with Crippen LogP contribution >= 0.6 is 15.9 Å². The van der Waals surface area contributed by atoms with E-state index < -0.39 is 0 Å². The molecular weight excluding hydrogens is 294 g/mol. The number of benzene rings is 1. The smallest absolute Gasteiger partial charge is 0.234 e. The molecule has 2 rings (SSSR count). The van der Waals surface area contributed by atoms with Crippen molar-refractivity contribution < 1.29 is 9.53 Å². The van der Waals surface area contributed by atoms with Crippen molar-refractivity contribution in [3.8, 4) is 5.75 Å². The van der Waals surface area contributed by atoms with Crippen molar-refractivity contribution in [1.82, 2.24) is 5.32 Å². The van der Waals surface area contributed by atoms with Gasteiger partial charge < -0.3 is 10.1 Å². The monoisotopic (exact) mass is 311 g/mol. The zero-order valence-corrected chi connectivity index (χ0v) is 12.2. The predicted molar refractivity (Wildman–Crippen MR) is 75.1 cm³/mol. The minimum Gasteiger partial charge on any atom is -0.488 e. The molecule has 98 valence electrons. The van der Waals surface area contributed by atoms with E-state index in [1.807, 2.05) is 32.0 Å². The lowest BCUT2D eigenvalue weighted by Crippen LogP contribution is -2.39. The Kier molecular flexibility index (Phi) is 4.27. The minimum atomic E-state index is -0.138. The van der Waals surface area contributed by atoms with E-state index in [9.17, 15) is 4.79 Å². The van der Waals surface area contributed by atoms with E-state index in [1.54, 1.807) is 0 Å². The first-order chi connectivity index (χ1) is 8.58. The largest absolute Gasteiger partial charge is 0.488 e. The Labute approximate surface area is 116 Å². The fourth-order valence-corrected chi connectivity index (χ4v) is 2.14. The number of nitrogens with one attached hydrogen (secondary N) is 1. The van der Waals surface area contributed by atoms with Gasteiger partial charge in [-0.15, -0.1) is 0 Å². The zero-order chi connectivity index (χ0) is 13.1. The lowest BCUT2D eigenvalue weighted by Gasteiger charge is -2.16. The lowest BCUT2D eigenvalue weighted by molar-refractivity contribution is -0.121. The van der Waals surface area contributed by atoms with Gasteiger partial charge >= 0.3 is 0 Å². The molecule has 0 aromatic heterocycles. The maximum Gasteiger partial charge on any atom is 0.234 e. The number of carbonyl (C=O) groups excluding carboxylic acids is 1. The Balaban J connectivity index is 1.82. The number of carbonyl (C=O) groups is 1. The average molecular weight is 312 g/mol. The Bertz CT molecular complexity index is 409. The summed E-state index contributed by atoms with van der Waals surface area (Å²) in [4.78, 5) is 11.7. The van der Waals surface area contributed by atoms with Gasteiger partial charge in [-0.25, -0.2) is 0 Å². The van der Waals surface area contributed by atoms with Crippen LogP contribution in [0.15, 0.2) is 24.3 Å². The molecule has 3 nitrogen and oxygen atoms in total. The van der Waals surface area contributed by atoms with Crippen LogP contribution in [0.2, 0.25) is 0 Å².